The normalized spacial score (nSPS) is 11.3. The Morgan fingerprint density at radius 2 is 0.789 bits per heavy atom. The van der Waals surface area contributed by atoms with E-state index in [-0.39, 0.29) is 118 Å². The number of hydrogen-bond donors (Lipinski definition) is 3. The molecule has 0 aromatic carbocycles. The molecule has 8 aromatic rings. The summed E-state index contributed by atoms with van der Waals surface area (Å²) in [6.45, 7) is 56.6. The van der Waals surface area contributed by atoms with Crippen LogP contribution in [0.1, 0.15) is 298 Å². The second kappa shape index (κ2) is 50.6. The number of aromatic amines is 1. The number of aromatic nitrogens is 16. The van der Waals surface area contributed by atoms with Crippen molar-refractivity contribution in [3.05, 3.63) is 136 Å². The van der Waals surface area contributed by atoms with Gasteiger partial charge in [-0.25, -0.2) is 72.0 Å². The molecule has 0 bridgehead atoms. The van der Waals surface area contributed by atoms with E-state index >= 15 is 0 Å². The standard InChI is InChI=1S/C17H29N4O2.C15H20N4O2S.C13H16N4O2S.C12H18N2O4.C12H20N2O2.C10H16N2O2.C6H12O.CH4.Li.H2O/c1-9-23-16(22)14-10-15(17(2,3)4)18-21(14)13(11-19(5)6)12-20(7)8;1-6-21-13(20)11-7-12(15(2,3)4)18-19(11)10-8-16-14(22-5)17-9-10;1-13(2,3)10-5-9(11(18)19)17(16-10)8-6-14-12(20-4)15-7-8;1-5-18-11(17)8-6-9(12(2,3)4)13-14(8)7-10(15)16;1-6-14-9(11(15)16-7-2)8-10(13-14)12(3,4)5;1-5-14-9(13)7-6-8(12-11-7)10(2,3)4;1-5(7)6(2,3)4;;;/h10-12H,9H2,1-8H3;7-9H,6H2,1-5H3;5-7H,1-4H3,(H,18,19);6H,5,7H2,1-4H3,(H,15,16);8H,6-7H2,1-5H3;6H,5H2,1-4H3,(H,11,12);1-4H3;1H4;;1H2/q+1;;;;;;;;+1;/p-1. The zero-order chi connectivity index (χ0) is 92.1. The summed E-state index contributed by atoms with van der Waals surface area (Å²) < 4.78 is 34.4. The molecule has 0 fully saturated rings. The number of nitrogens with zero attached hydrogens (tertiary/aromatic N) is 17. The van der Waals surface area contributed by atoms with Gasteiger partial charge in [0.25, 0.3) is 0 Å². The Balaban J connectivity index is 0. The second-order valence-corrected chi connectivity index (χ2v) is 36.1. The average Bonchev–Trinajstić information content (AvgIpc) is 1.66. The maximum atomic E-state index is 12.3. The molecule has 8 rings (SSSR count). The van der Waals surface area contributed by atoms with E-state index in [0.29, 0.717) is 88.8 Å². The molecule has 0 saturated carbocycles. The number of carboxylic acid groups (broad SMARTS) is 2. The van der Waals surface area contributed by atoms with Crippen LogP contribution in [0.4, 0.5) is 0 Å². The van der Waals surface area contributed by atoms with Gasteiger partial charge in [-0.2, -0.15) is 30.6 Å². The minimum absolute atomic E-state index is 0. The van der Waals surface area contributed by atoms with Gasteiger partial charge in [-0.15, -0.1) is 0 Å². The van der Waals surface area contributed by atoms with E-state index in [9.17, 15) is 43.5 Å². The van der Waals surface area contributed by atoms with Gasteiger partial charge in [-0.3, -0.25) is 19.4 Å². The number of esters is 5. The Hall–Kier alpha value is -10.2. The van der Waals surface area contributed by atoms with Crippen molar-refractivity contribution in [1.29, 1.82) is 0 Å². The number of carbonyl (C=O) groups excluding carboxylic acids is 6. The van der Waals surface area contributed by atoms with Crippen LogP contribution in [-0.4, -0.2) is 232 Å². The van der Waals surface area contributed by atoms with Gasteiger partial charge in [-0.05, 0) is 97.4 Å². The topological polar surface area (TPSA) is 429 Å². The summed E-state index contributed by atoms with van der Waals surface area (Å²) >= 11 is 2.88. The molecule has 8 aromatic heterocycles. The van der Waals surface area contributed by atoms with Crippen molar-refractivity contribution in [2.75, 3.05) is 73.7 Å². The number of carbonyl (C=O) groups is 8. The first-order valence-electron chi connectivity index (χ1n) is 39.3. The minimum Gasteiger partial charge on any atom is -0.870 e. The fourth-order valence-electron chi connectivity index (χ4n) is 9.22. The number of ether oxygens (including phenoxy) is 5. The van der Waals surface area contributed by atoms with Crippen molar-refractivity contribution in [1.82, 2.24) is 83.9 Å². The minimum atomic E-state index is -1.05. The number of aromatic carboxylic acids is 1. The number of ketones is 1. The third-order valence-corrected chi connectivity index (χ3v) is 17.5. The van der Waals surface area contributed by atoms with Crippen molar-refractivity contribution in [2.24, 2.45) is 5.41 Å². The molecule has 123 heavy (non-hydrogen) atoms. The molecule has 0 atom stereocenters. The van der Waals surface area contributed by atoms with Crippen LogP contribution >= 0.6 is 23.5 Å². The smallest absolute Gasteiger partial charge is 0.870 e. The van der Waals surface area contributed by atoms with Crippen LogP contribution in [-0.2, 0) is 78.9 Å². The SMILES string of the molecule is C.CC(=O)C(C)(C)C.CCOC(=O)c1cc(C(C)(C)C)[nH]n1.CCOC(=O)c1cc(C(C)(C)C)nn1-c1cnc(SC)nc1.CCOC(=O)c1cc(C(C)(C)C)nn1/C(C=[N+](C)C)=C\N(C)C.CCOC(=O)c1cc(C(C)(C)C)nn1CC.CCOC(=O)c1cc(C(C)(C)C)nn1CC(=O)O.CSc1ncc(-n2nc(C(C)(C)C)cc2C(=O)O)cn1.[Li+].[OH-]. The van der Waals surface area contributed by atoms with Gasteiger partial charge in [0, 0.05) is 70.4 Å². The van der Waals surface area contributed by atoms with Gasteiger partial charge in [-0.1, -0.05) is 176 Å². The van der Waals surface area contributed by atoms with Crippen molar-refractivity contribution in [3.8, 4) is 11.4 Å². The Morgan fingerprint density at radius 3 is 1.11 bits per heavy atom. The number of nitrogens with one attached hydrogen (secondary N) is 1. The molecular formula is C86H136LiN18O16S2+. The Kier molecular flexibility index (Phi) is 47.2. The molecule has 0 radical (unpaired) electrons. The van der Waals surface area contributed by atoms with E-state index in [1.165, 1.54) is 32.9 Å². The molecule has 0 saturated heterocycles. The number of thioether (sulfide) groups is 2. The van der Waals surface area contributed by atoms with Gasteiger partial charge in [0.2, 0.25) is 0 Å². The summed E-state index contributed by atoms with van der Waals surface area (Å²) in [5.41, 5.74) is 7.77. The molecule has 0 aliphatic carbocycles. The van der Waals surface area contributed by atoms with Crippen LogP contribution in [0.3, 0.4) is 0 Å². The summed E-state index contributed by atoms with van der Waals surface area (Å²) in [5, 5.41) is 48.3. The molecule has 678 valence electrons. The first-order chi connectivity index (χ1) is 55.3. The third kappa shape index (κ3) is 37.4. The molecule has 34 nitrogen and oxygen atoms in total. The maximum absolute atomic E-state index is 12.3. The van der Waals surface area contributed by atoms with Crippen LogP contribution in [0.15, 0.2) is 77.7 Å². The molecule has 37 heteroatoms. The van der Waals surface area contributed by atoms with E-state index in [1.807, 2.05) is 165 Å². The van der Waals surface area contributed by atoms with Crippen molar-refractivity contribution in [3.63, 3.8) is 0 Å². The number of hydrogen-bond acceptors (Lipinski definition) is 27. The van der Waals surface area contributed by atoms with Crippen LogP contribution in [0.5, 0.6) is 0 Å². The fourth-order valence-corrected chi connectivity index (χ4v) is 9.85. The van der Waals surface area contributed by atoms with E-state index in [1.54, 1.807) is 105 Å². The molecule has 0 amide bonds. The van der Waals surface area contributed by atoms with Gasteiger partial charge in [0.05, 0.1) is 86.3 Å². The fraction of sp³-hybridized carbons (Fsp3) is 0.570. The average molecular weight is 1750 g/mol. The van der Waals surface area contributed by atoms with Crippen molar-refractivity contribution in [2.45, 2.75) is 257 Å². The van der Waals surface area contributed by atoms with Gasteiger partial charge in [0.15, 0.2) is 39.3 Å². The summed E-state index contributed by atoms with van der Waals surface area (Å²) in [7, 11) is 7.73. The largest absolute Gasteiger partial charge is 1.00 e. The Morgan fingerprint density at radius 1 is 0.472 bits per heavy atom. The predicted molar refractivity (Wildman–Crippen MR) is 474 cm³/mol. The number of allylic oxidation sites excluding steroid dienone is 1. The van der Waals surface area contributed by atoms with Gasteiger partial charge < -0.3 is 44.3 Å². The Bertz CT molecular complexity index is 4750. The molecule has 0 spiro atoms. The molecule has 0 unspecified atom stereocenters. The Labute approximate surface area is 747 Å². The number of rotatable bonds is 21. The van der Waals surface area contributed by atoms with E-state index in [2.05, 4.69) is 118 Å². The summed E-state index contributed by atoms with van der Waals surface area (Å²) in [6.07, 6.45) is 14.1. The summed E-state index contributed by atoms with van der Waals surface area (Å²) in [4.78, 5) is 110. The summed E-state index contributed by atoms with van der Waals surface area (Å²) in [5.74, 6) is -3.83. The second-order valence-electron chi connectivity index (χ2n) is 34.5. The number of carboxylic acids is 2. The van der Waals surface area contributed by atoms with Crippen LogP contribution in [0.25, 0.3) is 17.1 Å². The molecular weight excluding hydrogens is 1610 g/mol. The predicted octanol–water partition coefficient (Wildman–Crippen LogP) is 12.1. The van der Waals surface area contributed by atoms with Crippen LogP contribution in [0.2, 0.25) is 0 Å². The zero-order valence-electron chi connectivity index (χ0n) is 78.4. The first-order valence-corrected chi connectivity index (χ1v) is 41.7. The zero-order valence-corrected chi connectivity index (χ0v) is 80.1. The van der Waals surface area contributed by atoms with Crippen LogP contribution < -0.4 is 18.9 Å². The molecule has 0 aliphatic heterocycles. The quantitative estimate of drug-likeness (QED) is 0.0114. The van der Waals surface area contributed by atoms with E-state index in [0.717, 1.165) is 28.5 Å². The van der Waals surface area contributed by atoms with E-state index < -0.39 is 23.9 Å². The summed E-state index contributed by atoms with van der Waals surface area (Å²) in [6, 6.07) is 10.3. The van der Waals surface area contributed by atoms with Gasteiger partial charge >= 0.3 is 60.6 Å². The van der Waals surface area contributed by atoms with Gasteiger partial charge in [0.1, 0.15) is 54.9 Å². The maximum Gasteiger partial charge on any atom is 1.00 e. The number of H-pyrrole nitrogens is 1. The molecule has 8 heterocycles. The number of aliphatic carboxylic acids is 1. The molecule has 0 aliphatic rings. The van der Waals surface area contributed by atoms with E-state index in [4.69, 9.17) is 28.8 Å². The monoisotopic (exact) mass is 1750 g/mol. The first kappa shape index (κ1) is 115. The van der Waals surface area contributed by atoms with Crippen molar-refractivity contribution < 1.29 is 101 Å². The number of Topliss-reactive ketones (excluding diaryl/α,β-unsaturated/α-hetero) is 1. The molecule has 4 N–H and O–H groups in total. The number of aryl methyl sites for hydroxylation is 1. The van der Waals surface area contributed by atoms with Crippen LogP contribution in [0, 0.1) is 5.41 Å². The van der Waals surface area contributed by atoms with Crippen molar-refractivity contribution >= 4 is 83.0 Å². The third-order valence-electron chi connectivity index (χ3n) is 16.3.